The number of piperidine rings is 1. The number of nitrogens with one attached hydrogen (secondary N) is 1. The maximum atomic E-state index is 12.2. The topological polar surface area (TPSA) is 102 Å². The van der Waals surface area contributed by atoms with Crippen LogP contribution in [-0.2, 0) is 0 Å². The monoisotopic (exact) mass is 278 g/mol. The van der Waals surface area contributed by atoms with Gasteiger partial charge >= 0.3 is 5.69 Å². The standard InChI is InChI=1S/C13H18N4O3/c1-16-7-3-4-9(8-16)15-13(18)10-5-2-6-11(14)12(10)17(19)20/h2,5-6,9H,3-4,7-8,14H2,1H3,(H,15,18). The van der Waals surface area contributed by atoms with Crippen LogP contribution in [0.25, 0.3) is 0 Å². The number of para-hydroxylation sites is 1. The number of nitrogens with zero attached hydrogens (tertiary/aromatic N) is 2. The van der Waals surface area contributed by atoms with Crippen molar-refractivity contribution in [3.05, 3.63) is 33.9 Å². The van der Waals surface area contributed by atoms with E-state index in [0.29, 0.717) is 0 Å². The number of rotatable bonds is 3. The molecule has 3 N–H and O–H groups in total. The first-order valence-electron chi connectivity index (χ1n) is 6.51. The number of amides is 1. The number of carbonyl (C=O) groups excluding carboxylic acids is 1. The summed E-state index contributed by atoms with van der Waals surface area (Å²) in [6, 6.07) is 4.41. The van der Waals surface area contributed by atoms with Gasteiger partial charge in [0.1, 0.15) is 11.3 Å². The molecule has 1 heterocycles. The Labute approximate surface area is 116 Å². The lowest BCUT2D eigenvalue weighted by Crippen LogP contribution is -2.46. The number of benzene rings is 1. The Balaban J connectivity index is 2.17. The van der Waals surface area contributed by atoms with Gasteiger partial charge in [0, 0.05) is 12.6 Å². The Morgan fingerprint density at radius 3 is 2.95 bits per heavy atom. The minimum absolute atomic E-state index is 0.00316. The van der Waals surface area contributed by atoms with Crippen LogP contribution in [-0.4, -0.2) is 41.9 Å². The highest BCUT2D eigenvalue weighted by Gasteiger charge is 2.26. The van der Waals surface area contributed by atoms with Crippen molar-refractivity contribution >= 4 is 17.3 Å². The van der Waals surface area contributed by atoms with Gasteiger partial charge in [0.15, 0.2) is 0 Å². The predicted octanol–water partition coefficient (Wildman–Crippen LogP) is 1.00. The Hall–Kier alpha value is -2.15. The third-order valence-corrected chi connectivity index (χ3v) is 3.45. The second kappa shape index (κ2) is 5.87. The average molecular weight is 278 g/mol. The molecule has 1 fully saturated rings. The molecule has 0 aliphatic carbocycles. The van der Waals surface area contributed by atoms with E-state index in [-0.39, 0.29) is 23.0 Å². The number of hydrogen-bond donors (Lipinski definition) is 2. The number of hydrogen-bond acceptors (Lipinski definition) is 5. The first kappa shape index (κ1) is 14.3. The first-order chi connectivity index (χ1) is 9.49. The first-order valence-corrected chi connectivity index (χ1v) is 6.51. The van der Waals surface area contributed by atoms with Crippen LogP contribution in [0.15, 0.2) is 18.2 Å². The highest BCUT2D eigenvalue weighted by atomic mass is 16.6. The number of nitro groups is 1. The van der Waals surface area contributed by atoms with E-state index in [0.717, 1.165) is 25.9 Å². The van der Waals surface area contributed by atoms with E-state index in [4.69, 9.17) is 5.73 Å². The van der Waals surface area contributed by atoms with E-state index in [1.54, 1.807) is 6.07 Å². The molecule has 0 spiro atoms. The quantitative estimate of drug-likeness (QED) is 0.488. The smallest absolute Gasteiger partial charge is 0.304 e. The summed E-state index contributed by atoms with van der Waals surface area (Å²) in [6.45, 7) is 1.76. The van der Waals surface area contributed by atoms with Crippen LogP contribution in [0.5, 0.6) is 0 Å². The van der Waals surface area contributed by atoms with Crippen molar-refractivity contribution in [1.82, 2.24) is 10.2 Å². The van der Waals surface area contributed by atoms with Gasteiger partial charge in [-0.05, 0) is 38.6 Å². The highest BCUT2D eigenvalue weighted by Crippen LogP contribution is 2.26. The van der Waals surface area contributed by atoms with Gasteiger partial charge < -0.3 is 16.0 Å². The zero-order valence-corrected chi connectivity index (χ0v) is 11.3. The van der Waals surface area contributed by atoms with Crippen molar-refractivity contribution in [2.45, 2.75) is 18.9 Å². The van der Waals surface area contributed by atoms with Gasteiger partial charge in [0.25, 0.3) is 5.91 Å². The molecule has 1 aromatic rings. The summed E-state index contributed by atoms with van der Waals surface area (Å²) in [6.07, 6.45) is 1.88. The summed E-state index contributed by atoms with van der Waals surface area (Å²) >= 11 is 0. The van der Waals surface area contributed by atoms with E-state index in [9.17, 15) is 14.9 Å². The molecule has 1 aromatic carbocycles. The summed E-state index contributed by atoms with van der Waals surface area (Å²) in [4.78, 5) is 24.7. The number of carbonyl (C=O) groups is 1. The van der Waals surface area contributed by atoms with Crippen molar-refractivity contribution in [2.75, 3.05) is 25.9 Å². The second-order valence-electron chi connectivity index (χ2n) is 5.08. The third-order valence-electron chi connectivity index (χ3n) is 3.45. The normalized spacial score (nSPS) is 19.6. The van der Waals surface area contributed by atoms with E-state index in [2.05, 4.69) is 10.2 Å². The van der Waals surface area contributed by atoms with E-state index in [1.807, 2.05) is 7.05 Å². The zero-order valence-electron chi connectivity index (χ0n) is 11.3. The van der Waals surface area contributed by atoms with Crippen LogP contribution in [0.2, 0.25) is 0 Å². The van der Waals surface area contributed by atoms with Crippen LogP contribution < -0.4 is 11.1 Å². The van der Waals surface area contributed by atoms with Gasteiger partial charge in [0.2, 0.25) is 0 Å². The Morgan fingerprint density at radius 1 is 1.55 bits per heavy atom. The Kier molecular flexibility index (Phi) is 4.19. The van der Waals surface area contributed by atoms with Crippen LogP contribution >= 0.6 is 0 Å². The van der Waals surface area contributed by atoms with E-state index in [1.165, 1.54) is 12.1 Å². The number of likely N-dealkylation sites (N-methyl/N-ethyl adjacent to an activating group) is 1. The van der Waals surface area contributed by atoms with Crippen LogP contribution in [0.4, 0.5) is 11.4 Å². The molecular weight excluding hydrogens is 260 g/mol. The predicted molar refractivity (Wildman–Crippen MR) is 75.5 cm³/mol. The Bertz CT molecular complexity index is 532. The summed E-state index contributed by atoms with van der Waals surface area (Å²) < 4.78 is 0. The van der Waals surface area contributed by atoms with Crippen molar-refractivity contribution in [3.63, 3.8) is 0 Å². The molecule has 7 nitrogen and oxygen atoms in total. The molecule has 1 saturated heterocycles. The second-order valence-corrected chi connectivity index (χ2v) is 5.08. The van der Waals surface area contributed by atoms with E-state index >= 15 is 0 Å². The fourth-order valence-electron chi connectivity index (χ4n) is 2.50. The highest BCUT2D eigenvalue weighted by molar-refractivity contribution is 6.00. The van der Waals surface area contributed by atoms with Crippen molar-refractivity contribution in [2.24, 2.45) is 0 Å². The van der Waals surface area contributed by atoms with Gasteiger partial charge in [-0.3, -0.25) is 14.9 Å². The van der Waals surface area contributed by atoms with Gasteiger partial charge in [-0.1, -0.05) is 6.07 Å². The largest absolute Gasteiger partial charge is 0.393 e. The Morgan fingerprint density at radius 2 is 2.30 bits per heavy atom. The molecule has 0 saturated carbocycles. The van der Waals surface area contributed by atoms with E-state index < -0.39 is 10.8 Å². The molecule has 1 unspecified atom stereocenters. The SMILES string of the molecule is CN1CCCC(NC(=O)c2cccc(N)c2[N+](=O)[O-])C1. The van der Waals surface area contributed by atoms with Gasteiger partial charge in [-0.15, -0.1) is 0 Å². The lowest BCUT2D eigenvalue weighted by molar-refractivity contribution is -0.384. The van der Waals surface area contributed by atoms with Crippen LogP contribution in [0.1, 0.15) is 23.2 Å². The minimum Gasteiger partial charge on any atom is -0.393 e. The molecule has 1 aliphatic rings. The summed E-state index contributed by atoms with van der Waals surface area (Å²) in [5.41, 5.74) is 5.28. The molecule has 0 bridgehead atoms. The molecule has 1 atom stereocenters. The van der Waals surface area contributed by atoms with Crippen LogP contribution in [0.3, 0.4) is 0 Å². The number of nitro benzene ring substituents is 1. The minimum atomic E-state index is -0.614. The molecule has 0 aromatic heterocycles. The molecule has 1 amide bonds. The summed E-state index contributed by atoms with van der Waals surface area (Å²) in [5, 5.41) is 13.9. The summed E-state index contributed by atoms with van der Waals surface area (Å²) in [5.74, 6) is -0.440. The van der Waals surface area contributed by atoms with Gasteiger partial charge in [-0.2, -0.15) is 0 Å². The maximum Gasteiger partial charge on any atom is 0.304 e. The van der Waals surface area contributed by atoms with Gasteiger partial charge in [0.05, 0.1) is 4.92 Å². The lowest BCUT2D eigenvalue weighted by atomic mass is 10.0. The molecule has 1 aliphatic heterocycles. The molecule has 2 rings (SSSR count). The van der Waals surface area contributed by atoms with Gasteiger partial charge in [-0.25, -0.2) is 0 Å². The molecule has 108 valence electrons. The molecule has 0 radical (unpaired) electrons. The fraction of sp³-hybridized carbons (Fsp3) is 0.462. The number of anilines is 1. The average Bonchev–Trinajstić information content (AvgIpc) is 2.37. The van der Waals surface area contributed by atoms with Crippen molar-refractivity contribution < 1.29 is 9.72 Å². The molecule has 20 heavy (non-hydrogen) atoms. The van der Waals surface area contributed by atoms with Crippen LogP contribution in [0, 0.1) is 10.1 Å². The zero-order chi connectivity index (χ0) is 14.7. The maximum absolute atomic E-state index is 12.2. The summed E-state index contributed by atoms with van der Waals surface area (Å²) in [7, 11) is 1.99. The van der Waals surface area contributed by atoms with Crippen molar-refractivity contribution in [1.29, 1.82) is 0 Å². The lowest BCUT2D eigenvalue weighted by Gasteiger charge is -2.30. The third kappa shape index (κ3) is 3.05. The molecular formula is C13H18N4O3. The number of likely N-dealkylation sites (tertiary alicyclic amines) is 1. The number of nitrogen functional groups attached to an aromatic ring is 1. The fourth-order valence-corrected chi connectivity index (χ4v) is 2.50. The number of nitrogens with two attached hydrogens (primary N) is 1. The van der Waals surface area contributed by atoms with Crippen molar-refractivity contribution in [3.8, 4) is 0 Å². The molecule has 7 heteroatoms.